The molecule has 0 saturated heterocycles. The molecule has 5 nitrogen and oxygen atoms in total. The number of alkyl halides is 1. The van der Waals surface area contributed by atoms with Gasteiger partial charge in [0, 0.05) is 29.9 Å². The lowest BCUT2D eigenvalue weighted by molar-refractivity contribution is -0.384. The lowest BCUT2D eigenvalue weighted by Crippen LogP contribution is -1.97. The summed E-state index contributed by atoms with van der Waals surface area (Å²) in [7, 11) is 0. The maximum absolute atomic E-state index is 10.6. The van der Waals surface area contributed by atoms with E-state index in [-0.39, 0.29) is 5.69 Å². The van der Waals surface area contributed by atoms with Crippen LogP contribution >= 0.6 is 15.9 Å². The Morgan fingerprint density at radius 2 is 2.31 bits per heavy atom. The molecule has 1 aromatic carbocycles. The Hall–Kier alpha value is -1.69. The summed E-state index contributed by atoms with van der Waals surface area (Å²) < 4.78 is 1.82. The molecule has 0 N–H and O–H groups in total. The van der Waals surface area contributed by atoms with Gasteiger partial charge in [-0.3, -0.25) is 10.1 Å². The number of imidazole rings is 1. The summed E-state index contributed by atoms with van der Waals surface area (Å²) in [6.07, 6.45) is 5.13. The van der Waals surface area contributed by atoms with Gasteiger partial charge in [-0.1, -0.05) is 15.9 Å². The number of non-ortho nitro benzene ring substituents is 1. The first kappa shape index (κ1) is 10.8. The topological polar surface area (TPSA) is 61.0 Å². The maximum Gasteiger partial charge on any atom is 0.269 e. The molecule has 1 aromatic heterocycles. The van der Waals surface area contributed by atoms with Crippen LogP contribution in [-0.4, -0.2) is 14.5 Å². The smallest absolute Gasteiger partial charge is 0.269 e. The molecule has 0 fully saturated rings. The molecule has 82 valence electrons. The summed E-state index contributed by atoms with van der Waals surface area (Å²) >= 11 is 3.32. The minimum Gasteiger partial charge on any atom is -0.306 e. The fourth-order valence-corrected chi connectivity index (χ4v) is 1.90. The number of nitro groups is 1. The van der Waals surface area contributed by atoms with Gasteiger partial charge in [0.25, 0.3) is 5.69 Å². The maximum atomic E-state index is 10.6. The minimum absolute atomic E-state index is 0.0957. The molecule has 0 unspecified atom stereocenters. The highest BCUT2D eigenvalue weighted by atomic mass is 79.9. The van der Waals surface area contributed by atoms with Crippen LogP contribution in [0.1, 0.15) is 5.56 Å². The Morgan fingerprint density at radius 1 is 1.50 bits per heavy atom. The van der Waals surface area contributed by atoms with E-state index in [2.05, 4.69) is 20.9 Å². The van der Waals surface area contributed by atoms with E-state index < -0.39 is 4.92 Å². The molecule has 0 aliphatic heterocycles. The van der Waals surface area contributed by atoms with Crippen molar-refractivity contribution in [3.63, 3.8) is 0 Å². The summed E-state index contributed by atoms with van der Waals surface area (Å²) in [5.74, 6) is 0. The molecule has 0 bridgehead atoms. The van der Waals surface area contributed by atoms with Crippen LogP contribution in [0.25, 0.3) is 5.69 Å². The molecule has 16 heavy (non-hydrogen) atoms. The summed E-state index contributed by atoms with van der Waals surface area (Å²) in [6.45, 7) is 0. The highest BCUT2D eigenvalue weighted by Gasteiger charge is 2.10. The van der Waals surface area contributed by atoms with Crippen molar-refractivity contribution in [2.24, 2.45) is 0 Å². The van der Waals surface area contributed by atoms with Crippen molar-refractivity contribution < 1.29 is 4.92 Å². The second-order valence-corrected chi connectivity index (χ2v) is 3.73. The Morgan fingerprint density at radius 3 is 2.88 bits per heavy atom. The summed E-state index contributed by atoms with van der Waals surface area (Å²) in [4.78, 5) is 14.2. The van der Waals surface area contributed by atoms with Crippen molar-refractivity contribution in [3.05, 3.63) is 52.6 Å². The van der Waals surface area contributed by atoms with Crippen LogP contribution in [-0.2, 0) is 5.33 Å². The number of hydrogen-bond acceptors (Lipinski definition) is 3. The fraction of sp³-hybridized carbons (Fsp3) is 0.100. The van der Waals surface area contributed by atoms with Crippen LogP contribution in [0.5, 0.6) is 0 Å². The molecule has 0 saturated carbocycles. The van der Waals surface area contributed by atoms with Crippen molar-refractivity contribution in [2.45, 2.75) is 5.33 Å². The van der Waals surface area contributed by atoms with E-state index in [1.54, 1.807) is 30.9 Å². The van der Waals surface area contributed by atoms with Crippen molar-refractivity contribution >= 4 is 21.6 Å². The Balaban J connectivity index is 2.51. The molecular weight excluding hydrogens is 274 g/mol. The normalized spacial score (nSPS) is 10.3. The van der Waals surface area contributed by atoms with E-state index >= 15 is 0 Å². The lowest BCUT2D eigenvalue weighted by atomic mass is 10.2. The van der Waals surface area contributed by atoms with E-state index in [1.165, 1.54) is 6.07 Å². The van der Waals surface area contributed by atoms with Crippen LogP contribution in [0.3, 0.4) is 0 Å². The zero-order valence-electron chi connectivity index (χ0n) is 8.21. The van der Waals surface area contributed by atoms with Crippen molar-refractivity contribution in [1.29, 1.82) is 0 Å². The molecule has 0 aliphatic rings. The van der Waals surface area contributed by atoms with Gasteiger partial charge in [0.1, 0.15) is 0 Å². The minimum atomic E-state index is -0.399. The van der Waals surface area contributed by atoms with Crippen LogP contribution in [0, 0.1) is 10.1 Å². The third-order valence-corrected chi connectivity index (χ3v) is 2.80. The second kappa shape index (κ2) is 4.44. The molecule has 1 heterocycles. The summed E-state index contributed by atoms with van der Waals surface area (Å²) in [5, 5.41) is 11.2. The molecule has 0 aliphatic carbocycles. The van der Waals surface area contributed by atoms with E-state index in [0.717, 1.165) is 11.3 Å². The van der Waals surface area contributed by atoms with Gasteiger partial charge >= 0.3 is 0 Å². The molecule has 0 spiro atoms. The highest BCUT2D eigenvalue weighted by molar-refractivity contribution is 9.08. The first-order valence-electron chi connectivity index (χ1n) is 4.54. The molecule has 2 rings (SSSR count). The van der Waals surface area contributed by atoms with E-state index in [4.69, 9.17) is 0 Å². The predicted molar refractivity (Wildman–Crippen MR) is 62.8 cm³/mol. The largest absolute Gasteiger partial charge is 0.306 e. The van der Waals surface area contributed by atoms with E-state index in [1.807, 2.05) is 4.57 Å². The Kier molecular flexibility index (Phi) is 3.00. The summed E-state index contributed by atoms with van der Waals surface area (Å²) in [5.41, 5.74) is 1.84. The number of nitro benzene ring substituents is 1. The Bertz CT molecular complexity index is 511. The first-order chi connectivity index (χ1) is 7.72. The van der Waals surface area contributed by atoms with Crippen molar-refractivity contribution in [2.75, 3.05) is 0 Å². The van der Waals surface area contributed by atoms with Gasteiger partial charge in [-0.25, -0.2) is 4.98 Å². The summed E-state index contributed by atoms with van der Waals surface area (Å²) in [6, 6.07) is 4.77. The van der Waals surface area contributed by atoms with Crippen molar-refractivity contribution in [1.82, 2.24) is 9.55 Å². The molecule has 0 radical (unpaired) electrons. The van der Waals surface area contributed by atoms with Crippen LogP contribution < -0.4 is 0 Å². The van der Waals surface area contributed by atoms with Gasteiger partial charge in [0.15, 0.2) is 0 Å². The zero-order chi connectivity index (χ0) is 11.5. The fourth-order valence-electron chi connectivity index (χ4n) is 1.45. The average molecular weight is 282 g/mol. The quantitative estimate of drug-likeness (QED) is 0.494. The second-order valence-electron chi connectivity index (χ2n) is 3.17. The number of aromatic nitrogens is 2. The zero-order valence-corrected chi connectivity index (χ0v) is 9.79. The van der Waals surface area contributed by atoms with Gasteiger partial charge < -0.3 is 4.57 Å². The monoisotopic (exact) mass is 281 g/mol. The van der Waals surface area contributed by atoms with Crippen molar-refractivity contribution in [3.8, 4) is 5.69 Å². The number of hydrogen-bond donors (Lipinski definition) is 0. The van der Waals surface area contributed by atoms with E-state index in [0.29, 0.717) is 5.33 Å². The van der Waals surface area contributed by atoms with Crippen LogP contribution in [0.2, 0.25) is 0 Å². The molecule has 2 aromatic rings. The predicted octanol–water partition coefficient (Wildman–Crippen LogP) is 2.68. The van der Waals surface area contributed by atoms with Gasteiger partial charge in [-0.05, 0) is 11.6 Å². The van der Waals surface area contributed by atoms with Gasteiger partial charge in [-0.2, -0.15) is 0 Å². The highest BCUT2D eigenvalue weighted by Crippen LogP contribution is 2.22. The van der Waals surface area contributed by atoms with Gasteiger partial charge in [0.2, 0.25) is 0 Å². The molecule has 6 heteroatoms. The third-order valence-electron chi connectivity index (χ3n) is 2.20. The number of halogens is 1. The lowest BCUT2D eigenvalue weighted by Gasteiger charge is -2.07. The SMILES string of the molecule is O=[N+]([O-])c1ccc(-n2ccnc2)c(CBr)c1. The van der Waals surface area contributed by atoms with E-state index in [9.17, 15) is 10.1 Å². The van der Waals surface area contributed by atoms with Gasteiger partial charge in [0.05, 0.1) is 16.9 Å². The average Bonchev–Trinajstić information content (AvgIpc) is 2.81. The third kappa shape index (κ3) is 1.96. The van der Waals surface area contributed by atoms with Crippen LogP contribution in [0.15, 0.2) is 36.9 Å². The molecule has 0 atom stereocenters. The van der Waals surface area contributed by atoms with Gasteiger partial charge in [-0.15, -0.1) is 0 Å². The molecular formula is C10H8BrN3O2. The standard InChI is InChI=1S/C10H8BrN3O2/c11-6-8-5-9(14(15)16)1-2-10(8)13-4-3-12-7-13/h1-5,7H,6H2. The first-order valence-corrected chi connectivity index (χ1v) is 5.66. The van der Waals surface area contributed by atoms with Crippen LogP contribution in [0.4, 0.5) is 5.69 Å². The number of benzene rings is 1. The number of rotatable bonds is 3. The Labute approximate surface area is 100 Å². The molecule has 0 amide bonds. The number of nitrogens with zero attached hydrogens (tertiary/aromatic N) is 3.